The zero-order chi connectivity index (χ0) is 16.2. The highest BCUT2D eigenvalue weighted by Gasteiger charge is 2.15. The van der Waals surface area contributed by atoms with E-state index in [-0.39, 0.29) is 0 Å². The fourth-order valence-corrected chi connectivity index (χ4v) is 3.72. The average molecular weight is 337 g/mol. The van der Waals surface area contributed by atoms with E-state index in [1.165, 1.54) is 12.0 Å². The predicted molar refractivity (Wildman–Crippen MR) is 97.5 cm³/mol. The highest BCUT2D eigenvalue weighted by molar-refractivity contribution is 7.18. The molecule has 0 saturated carbocycles. The Kier molecular flexibility index (Phi) is 4.49. The monoisotopic (exact) mass is 337 g/mol. The van der Waals surface area contributed by atoms with Gasteiger partial charge in [-0.1, -0.05) is 41.7 Å². The Morgan fingerprint density at radius 3 is 2.75 bits per heavy atom. The van der Waals surface area contributed by atoms with Gasteiger partial charge >= 0.3 is 0 Å². The average Bonchev–Trinajstić information content (AvgIpc) is 3.29. The van der Waals surface area contributed by atoms with Crippen LogP contribution in [0.15, 0.2) is 48.9 Å². The largest absolute Gasteiger partial charge is 0.316 e. The van der Waals surface area contributed by atoms with E-state index in [1.807, 2.05) is 30.6 Å². The topological polar surface area (TPSA) is 62.7 Å². The van der Waals surface area contributed by atoms with Crippen molar-refractivity contribution in [2.45, 2.75) is 12.8 Å². The Bertz CT molecular complexity index is 779. The fraction of sp³-hybridized carbons (Fsp3) is 0.278. The molecule has 4 rings (SSSR count). The standard InChI is InChI=1S/C18H19N5S/c1-2-4-14(5-3-1)16-11-22-18(24-16)23-17-12-20-15(10-21-17)8-13-6-7-19-9-13/h1-5,10-13,19H,6-9H2,(H,21,22,23)/t13-/m0/s1. The Balaban J connectivity index is 1.41. The highest BCUT2D eigenvalue weighted by atomic mass is 32.1. The Labute approximate surface area is 145 Å². The van der Waals surface area contributed by atoms with E-state index in [0.717, 1.165) is 41.0 Å². The van der Waals surface area contributed by atoms with Gasteiger partial charge in [0, 0.05) is 6.20 Å². The van der Waals surface area contributed by atoms with Crippen LogP contribution in [0, 0.1) is 5.92 Å². The summed E-state index contributed by atoms with van der Waals surface area (Å²) in [5.41, 5.74) is 2.23. The lowest BCUT2D eigenvalue weighted by Crippen LogP contribution is -2.11. The Morgan fingerprint density at radius 1 is 1.08 bits per heavy atom. The highest BCUT2D eigenvalue weighted by Crippen LogP contribution is 2.29. The van der Waals surface area contributed by atoms with Crippen molar-refractivity contribution in [3.8, 4) is 10.4 Å². The summed E-state index contributed by atoms with van der Waals surface area (Å²) in [7, 11) is 0. The van der Waals surface area contributed by atoms with E-state index >= 15 is 0 Å². The number of benzene rings is 1. The number of rotatable bonds is 5. The summed E-state index contributed by atoms with van der Waals surface area (Å²) in [6, 6.07) is 10.3. The molecule has 0 radical (unpaired) electrons. The zero-order valence-electron chi connectivity index (χ0n) is 13.3. The van der Waals surface area contributed by atoms with E-state index in [4.69, 9.17) is 0 Å². The molecule has 1 aliphatic heterocycles. The third-order valence-corrected chi connectivity index (χ3v) is 5.13. The van der Waals surface area contributed by atoms with Gasteiger partial charge in [-0.25, -0.2) is 9.97 Å². The van der Waals surface area contributed by atoms with Gasteiger partial charge in [0.05, 0.1) is 23.0 Å². The molecular weight excluding hydrogens is 318 g/mol. The summed E-state index contributed by atoms with van der Waals surface area (Å²) in [6.45, 7) is 2.20. The molecular formula is C18H19N5S. The van der Waals surface area contributed by atoms with Crippen LogP contribution in [-0.2, 0) is 6.42 Å². The van der Waals surface area contributed by atoms with Crippen molar-refractivity contribution in [3.05, 3.63) is 54.6 Å². The molecule has 1 aromatic carbocycles. The van der Waals surface area contributed by atoms with E-state index < -0.39 is 0 Å². The minimum Gasteiger partial charge on any atom is -0.316 e. The second kappa shape index (κ2) is 7.07. The van der Waals surface area contributed by atoms with Gasteiger partial charge in [-0.2, -0.15) is 0 Å². The van der Waals surface area contributed by atoms with Gasteiger partial charge in [0.15, 0.2) is 10.9 Å². The van der Waals surface area contributed by atoms with Crippen molar-refractivity contribution in [2.75, 3.05) is 18.4 Å². The maximum atomic E-state index is 4.53. The zero-order valence-corrected chi connectivity index (χ0v) is 14.1. The van der Waals surface area contributed by atoms with Crippen LogP contribution in [0.4, 0.5) is 10.9 Å². The second-order valence-corrected chi connectivity index (χ2v) is 7.01. The lowest BCUT2D eigenvalue weighted by Gasteiger charge is -2.07. The molecule has 24 heavy (non-hydrogen) atoms. The van der Waals surface area contributed by atoms with Gasteiger partial charge in [-0.15, -0.1) is 0 Å². The molecule has 3 heterocycles. The molecule has 1 aliphatic rings. The first-order valence-electron chi connectivity index (χ1n) is 8.17. The van der Waals surface area contributed by atoms with Crippen LogP contribution in [0.2, 0.25) is 0 Å². The molecule has 2 N–H and O–H groups in total. The SMILES string of the molecule is c1ccc(-c2cnc(Nc3cnc(C[C@@H]4CCNC4)cn3)s2)cc1. The molecule has 1 saturated heterocycles. The predicted octanol–water partition coefficient (Wildman–Crippen LogP) is 3.50. The number of nitrogens with one attached hydrogen (secondary N) is 2. The molecule has 0 aliphatic carbocycles. The molecule has 5 nitrogen and oxygen atoms in total. The van der Waals surface area contributed by atoms with Crippen LogP contribution in [-0.4, -0.2) is 28.0 Å². The van der Waals surface area contributed by atoms with Gasteiger partial charge in [0.2, 0.25) is 0 Å². The van der Waals surface area contributed by atoms with E-state index in [9.17, 15) is 0 Å². The van der Waals surface area contributed by atoms with Gasteiger partial charge in [0.25, 0.3) is 0 Å². The fourth-order valence-electron chi connectivity index (χ4n) is 2.89. The molecule has 0 amide bonds. The van der Waals surface area contributed by atoms with Crippen LogP contribution in [0.5, 0.6) is 0 Å². The molecule has 1 fully saturated rings. The molecule has 1 atom stereocenters. The van der Waals surface area contributed by atoms with Crippen molar-refractivity contribution >= 4 is 22.3 Å². The lowest BCUT2D eigenvalue weighted by atomic mass is 10.0. The first-order valence-corrected chi connectivity index (χ1v) is 8.98. The molecule has 0 bridgehead atoms. The smallest absolute Gasteiger partial charge is 0.188 e. The maximum absolute atomic E-state index is 4.53. The van der Waals surface area contributed by atoms with Crippen molar-refractivity contribution in [1.29, 1.82) is 0 Å². The van der Waals surface area contributed by atoms with Crippen molar-refractivity contribution in [1.82, 2.24) is 20.3 Å². The molecule has 6 heteroatoms. The first kappa shape index (κ1) is 15.2. The van der Waals surface area contributed by atoms with Crippen molar-refractivity contribution in [3.63, 3.8) is 0 Å². The lowest BCUT2D eigenvalue weighted by molar-refractivity contribution is 0.570. The van der Waals surface area contributed by atoms with Crippen molar-refractivity contribution < 1.29 is 0 Å². The second-order valence-electron chi connectivity index (χ2n) is 5.98. The number of anilines is 2. The quantitative estimate of drug-likeness (QED) is 0.746. The van der Waals surface area contributed by atoms with Crippen molar-refractivity contribution in [2.24, 2.45) is 5.92 Å². The molecule has 3 aromatic rings. The Hall–Kier alpha value is -2.31. The van der Waals surface area contributed by atoms with Crippen LogP contribution in [0.1, 0.15) is 12.1 Å². The van der Waals surface area contributed by atoms with Gasteiger partial charge < -0.3 is 10.6 Å². The molecule has 0 unspecified atom stereocenters. The summed E-state index contributed by atoms with van der Waals surface area (Å²) in [5, 5.41) is 7.45. The number of thiazole rings is 1. The molecule has 2 aromatic heterocycles. The summed E-state index contributed by atoms with van der Waals surface area (Å²) in [6.07, 6.45) is 7.77. The molecule has 0 spiro atoms. The minimum absolute atomic E-state index is 0.686. The van der Waals surface area contributed by atoms with Crippen LogP contribution in [0.25, 0.3) is 10.4 Å². The van der Waals surface area contributed by atoms with Crippen LogP contribution >= 0.6 is 11.3 Å². The maximum Gasteiger partial charge on any atom is 0.188 e. The summed E-state index contributed by atoms with van der Waals surface area (Å²) in [4.78, 5) is 14.6. The Morgan fingerprint density at radius 2 is 2.00 bits per heavy atom. The van der Waals surface area contributed by atoms with E-state index in [2.05, 4.69) is 37.7 Å². The van der Waals surface area contributed by atoms with Crippen LogP contribution in [0.3, 0.4) is 0 Å². The van der Waals surface area contributed by atoms with Crippen LogP contribution < -0.4 is 10.6 Å². The van der Waals surface area contributed by atoms with Gasteiger partial charge in [-0.3, -0.25) is 4.98 Å². The molecule has 122 valence electrons. The third-order valence-electron chi connectivity index (χ3n) is 4.16. The number of aromatic nitrogens is 3. The van der Waals surface area contributed by atoms with E-state index in [0.29, 0.717) is 5.92 Å². The number of hydrogen-bond acceptors (Lipinski definition) is 6. The normalized spacial score (nSPS) is 17.1. The van der Waals surface area contributed by atoms with Gasteiger partial charge in [-0.05, 0) is 37.4 Å². The van der Waals surface area contributed by atoms with Gasteiger partial charge in [0.1, 0.15) is 0 Å². The third kappa shape index (κ3) is 3.60. The first-order chi connectivity index (χ1) is 11.9. The number of hydrogen-bond donors (Lipinski definition) is 2. The summed E-state index contributed by atoms with van der Waals surface area (Å²) < 4.78 is 0. The number of nitrogens with zero attached hydrogens (tertiary/aromatic N) is 3. The van der Waals surface area contributed by atoms with E-state index in [1.54, 1.807) is 17.5 Å². The summed E-state index contributed by atoms with van der Waals surface area (Å²) in [5.74, 6) is 1.42. The minimum atomic E-state index is 0.686. The summed E-state index contributed by atoms with van der Waals surface area (Å²) >= 11 is 1.61.